The lowest BCUT2D eigenvalue weighted by atomic mass is 9.95. The van der Waals surface area contributed by atoms with E-state index >= 15 is 0 Å². The first-order chi connectivity index (χ1) is 20.7. The molecule has 0 unspecified atom stereocenters. The molecule has 2 heterocycles. The molecule has 0 radical (unpaired) electrons. The van der Waals surface area contributed by atoms with Crippen molar-refractivity contribution in [2.45, 2.75) is 17.7 Å². The van der Waals surface area contributed by atoms with Gasteiger partial charge in [-0.05, 0) is 77.6 Å². The van der Waals surface area contributed by atoms with Crippen LogP contribution in [0, 0.1) is 0 Å². The molecule has 8 nitrogen and oxygen atoms in total. The van der Waals surface area contributed by atoms with Crippen molar-refractivity contribution in [2.75, 3.05) is 20.1 Å². The molecule has 43 heavy (non-hydrogen) atoms. The van der Waals surface area contributed by atoms with E-state index in [1.165, 1.54) is 24.3 Å². The van der Waals surface area contributed by atoms with Gasteiger partial charge in [0, 0.05) is 36.2 Å². The monoisotopic (exact) mass is 612 g/mol. The lowest BCUT2D eigenvalue weighted by molar-refractivity contribution is 0.0773. The second kappa shape index (κ2) is 11.6. The molecule has 0 bridgehead atoms. The minimum atomic E-state index is -4.01. The molecule has 1 aromatic heterocycles. The third-order valence-electron chi connectivity index (χ3n) is 7.67. The summed E-state index contributed by atoms with van der Waals surface area (Å²) >= 11 is 5.82. The zero-order chi connectivity index (χ0) is 30.1. The van der Waals surface area contributed by atoms with E-state index in [-0.39, 0.29) is 17.3 Å². The number of likely N-dealkylation sites (N-methyl/N-ethyl adjacent to an activating group) is 1. The summed E-state index contributed by atoms with van der Waals surface area (Å²) in [4.78, 5) is 27.5. The molecule has 0 saturated carbocycles. The Labute approximate surface area is 254 Å². The molecule has 6 rings (SSSR count). The summed E-state index contributed by atoms with van der Waals surface area (Å²) < 4.78 is 28.9. The summed E-state index contributed by atoms with van der Waals surface area (Å²) in [5.41, 5.74) is 6.73. The molecular weight excluding hydrogens is 584 g/mol. The van der Waals surface area contributed by atoms with Gasteiger partial charge < -0.3 is 14.8 Å². The minimum Gasteiger partial charge on any atom is -0.340 e. The van der Waals surface area contributed by atoms with Crippen LogP contribution in [0.4, 0.5) is 4.79 Å². The molecule has 2 N–H and O–H groups in total. The number of hydrogen-bond donors (Lipinski definition) is 2. The van der Waals surface area contributed by atoms with Gasteiger partial charge in [0.2, 0.25) is 0 Å². The number of nitrogens with one attached hydrogen (secondary N) is 2. The van der Waals surface area contributed by atoms with Crippen LogP contribution < -0.4 is 10.0 Å². The Balaban J connectivity index is 1.23. The predicted molar refractivity (Wildman–Crippen MR) is 168 cm³/mol. The fourth-order valence-corrected chi connectivity index (χ4v) is 6.59. The van der Waals surface area contributed by atoms with Gasteiger partial charge in [0.25, 0.3) is 15.9 Å². The number of benzene rings is 4. The number of nitrogens with zero attached hydrogens (tertiary/aromatic N) is 2. The average molecular weight is 613 g/mol. The van der Waals surface area contributed by atoms with Gasteiger partial charge >= 0.3 is 6.03 Å². The summed E-state index contributed by atoms with van der Waals surface area (Å²) in [5, 5.41) is 4.09. The maximum atomic E-state index is 13.5. The second-order valence-electron chi connectivity index (χ2n) is 10.4. The molecule has 0 spiro atoms. The van der Waals surface area contributed by atoms with Crippen LogP contribution in [0.15, 0.2) is 102 Å². The largest absolute Gasteiger partial charge is 0.340 e. The quantitative estimate of drug-likeness (QED) is 0.242. The fourth-order valence-electron chi connectivity index (χ4n) is 5.54. The van der Waals surface area contributed by atoms with Gasteiger partial charge in [0.1, 0.15) is 5.69 Å². The van der Waals surface area contributed by atoms with E-state index in [1.54, 1.807) is 4.90 Å². The highest BCUT2D eigenvalue weighted by Crippen LogP contribution is 2.39. The highest BCUT2D eigenvalue weighted by molar-refractivity contribution is 7.90. The maximum absolute atomic E-state index is 13.5. The number of carbonyl (C=O) groups is 2. The van der Waals surface area contributed by atoms with Crippen molar-refractivity contribution in [2.24, 2.45) is 0 Å². The summed E-state index contributed by atoms with van der Waals surface area (Å²) in [6, 6.07) is 29.0. The van der Waals surface area contributed by atoms with Crippen molar-refractivity contribution in [3.63, 3.8) is 0 Å². The maximum Gasteiger partial charge on any atom is 0.328 e. The van der Waals surface area contributed by atoms with Crippen molar-refractivity contribution in [3.05, 3.63) is 119 Å². The van der Waals surface area contributed by atoms with Crippen LogP contribution in [-0.2, 0) is 22.9 Å². The Morgan fingerprint density at radius 3 is 2.35 bits per heavy atom. The van der Waals surface area contributed by atoms with Crippen LogP contribution in [-0.4, -0.2) is 50.0 Å². The van der Waals surface area contributed by atoms with Gasteiger partial charge in [-0.2, -0.15) is 0 Å². The molecule has 10 heteroatoms. The van der Waals surface area contributed by atoms with Crippen molar-refractivity contribution >= 4 is 44.5 Å². The number of rotatable bonds is 7. The number of fused-ring (bicyclic) bond motifs is 3. The number of hydrogen-bond acceptors (Lipinski definition) is 4. The van der Waals surface area contributed by atoms with E-state index in [2.05, 4.69) is 29.6 Å². The molecule has 218 valence electrons. The van der Waals surface area contributed by atoms with E-state index < -0.39 is 16.1 Å². The van der Waals surface area contributed by atoms with E-state index in [1.807, 2.05) is 64.9 Å². The normalized spacial score (nSPS) is 13.2. The highest BCUT2D eigenvalue weighted by atomic mass is 35.5. The Hall–Kier alpha value is -4.60. The van der Waals surface area contributed by atoms with Gasteiger partial charge in [-0.25, -0.2) is 17.9 Å². The second-order valence-corrected chi connectivity index (χ2v) is 12.6. The average Bonchev–Trinajstić information content (AvgIpc) is 3.35. The lowest BCUT2D eigenvalue weighted by Crippen LogP contribution is -2.40. The molecule has 0 aliphatic carbocycles. The Bertz CT molecular complexity index is 1940. The van der Waals surface area contributed by atoms with Crippen LogP contribution in [0.5, 0.6) is 0 Å². The Morgan fingerprint density at radius 1 is 0.907 bits per heavy atom. The third-order valence-corrected chi connectivity index (χ3v) is 9.27. The van der Waals surface area contributed by atoms with Crippen LogP contribution in [0.1, 0.15) is 21.6 Å². The topological polar surface area (TPSA) is 101 Å². The number of carbonyl (C=O) groups excluding carboxylic acids is 2. The first kappa shape index (κ1) is 28.5. The number of amides is 3. The number of aromatic nitrogens is 1. The molecule has 1 aliphatic heterocycles. The fraction of sp³-hybridized carbons (Fsp3) is 0.152. The predicted octanol–water partition coefficient (Wildman–Crippen LogP) is 5.81. The van der Waals surface area contributed by atoms with E-state index in [0.29, 0.717) is 23.7 Å². The zero-order valence-electron chi connectivity index (χ0n) is 23.4. The SMILES string of the molecule is CN1CCc2c(n(-c3ccc(CCNC(=O)NS(=O)(=O)c4ccc(Cl)cc4)cc3)c3cccc(-c4ccccc4)c23)C1=O. The van der Waals surface area contributed by atoms with Crippen LogP contribution in [0.2, 0.25) is 5.02 Å². The van der Waals surface area contributed by atoms with Gasteiger partial charge in [0.05, 0.1) is 10.4 Å². The first-order valence-electron chi connectivity index (χ1n) is 13.9. The summed E-state index contributed by atoms with van der Waals surface area (Å²) in [6.45, 7) is 0.890. The van der Waals surface area contributed by atoms with Crippen molar-refractivity contribution in [1.29, 1.82) is 0 Å². The zero-order valence-corrected chi connectivity index (χ0v) is 25.0. The highest BCUT2D eigenvalue weighted by Gasteiger charge is 2.31. The molecule has 4 aromatic carbocycles. The van der Waals surface area contributed by atoms with Gasteiger partial charge in [-0.1, -0.05) is 66.2 Å². The molecule has 1 aliphatic rings. The van der Waals surface area contributed by atoms with Crippen molar-refractivity contribution in [1.82, 2.24) is 19.5 Å². The Kier molecular flexibility index (Phi) is 7.68. The van der Waals surface area contributed by atoms with Gasteiger partial charge in [0.15, 0.2) is 0 Å². The van der Waals surface area contributed by atoms with E-state index in [9.17, 15) is 18.0 Å². The van der Waals surface area contributed by atoms with Gasteiger partial charge in [-0.3, -0.25) is 4.79 Å². The van der Waals surface area contributed by atoms with E-state index in [0.717, 1.165) is 45.3 Å². The van der Waals surface area contributed by atoms with Crippen LogP contribution in [0.25, 0.3) is 27.7 Å². The summed E-state index contributed by atoms with van der Waals surface area (Å²) in [5.74, 6) is -0.00990. The molecule has 0 fully saturated rings. The van der Waals surface area contributed by atoms with E-state index in [4.69, 9.17) is 11.6 Å². The minimum absolute atomic E-state index is 0.00990. The first-order valence-corrected chi connectivity index (χ1v) is 15.7. The van der Waals surface area contributed by atoms with Crippen LogP contribution >= 0.6 is 11.6 Å². The van der Waals surface area contributed by atoms with Gasteiger partial charge in [-0.15, -0.1) is 0 Å². The number of sulfonamides is 1. The molecule has 3 amide bonds. The lowest BCUT2D eigenvalue weighted by Gasteiger charge is -2.24. The number of halogens is 1. The van der Waals surface area contributed by atoms with Crippen LogP contribution in [0.3, 0.4) is 0 Å². The molecule has 0 atom stereocenters. The summed E-state index contributed by atoms with van der Waals surface area (Å²) in [6.07, 6.45) is 1.25. The van der Waals surface area contributed by atoms with Crippen molar-refractivity contribution in [3.8, 4) is 16.8 Å². The molecule has 5 aromatic rings. The third kappa shape index (κ3) is 5.61. The number of urea groups is 1. The smallest absolute Gasteiger partial charge is 0.328 e. The Morgan fingerprint density at radius 2 is 1.63 bits per heavy atom. The molecular formula is C33H29ClN4O4S. The summed E-state index contributed by atoms with van der Waals surface area (Å²) in [7, 11) is -2.18. The standard InChI is InChI=1S/C33H29ClN4O4S/c1-37-21-19-28-30-27(23-6-3-2-4-7-23)8-5-9-29(30)38(31(28)32(37)39)25-14-10-22(11-15-25)18-20-35-33(40)36-43(41,42)26-16-12-24(34)13-17-26/h2-17H,18-21H2,1H3,(H2,35,36,40). The van der Waals surface area contributed by atoms with Crippen molar-refractivity contribution < 1.29 is 18.0 Å². The molecule has 0 saturated heterocycles.